The topological polar surface area (TPSA) is 41.9 Å². The maximum Gasteiger partial charge on any atom is 0.166 e. The molecule has 0 saturated heterocycles. The fraction of sp³-hybridized carbons (Fsp3) is 0.600. The third-order valence-corrected chi connectivity index (χ3v) is 5.86. The molecule has 0 saturated carbocycles. The van der Waals surface area contributed by atoms with Crippen LogP contribution in [0.2, 0.25) is 0 Å². The molecule has 4 nitrogen and oxygen atoms in total. The van der Waals surface area contributed by atoms with Crippen LogP contribution >= 0.6 is 0 Å². The monoisotopic (exact) mass is 329 g/mol. The molecule has 1 aromatic carbocycles. The van der Waals surface area contributed by atoms with E-state index in [0.29, 0.717) is 6.42 Å². The van der Waals surface area contributed by atoms with Crippen LogP contribution < -0.4 is 9.47 Å². The van der Waals surface area contributed by atoms with Gasteiger partial charge in [-0.25, -0.2) is 0 Å². The zero-order valence-electron chi connectivity index (χ0n) is 14.6. The molecule has 1 N–H and O–H groups in total. The van der Waals surface area contributed by atoms with E-state index >= 15 is 0 Å². The van der Waals surface area contributed by atoms with E-state index < -0.39 is 6.10 Å². The van der Waals surface area contributed by atoms with Gasteiger partial charge in [0.15, 0.2) is 11.5 Å². The van der Waals surface area contributed by atoms with Gasteiger partial charge in [-0.15, -0.1) is 0 Å². The highest BCUT2D eigenvalue weighted by molar-refractivity contribution is 5.60. The maximum absolute atomic E-state index is 10.1. The lowest BCUT2D eigenvalue weighted by Gasteiger charge is -2.35. The molecule has 3 atom stereocenters. The predicted molar refractivity (Wildman–Crippen MR) is 93.7 cm³/mol. The van der Waals surface area contributed by atoms with Crippen LogP contribution in [0, 0.1) is 0 Å². The fourth-order valence-corrected chi connectivity index (χ4v) is 4.57. The second kappa shape index (κ2) is 6.08. The van der Waals surface area contributed by atoms with Crippen LogP contribution in [-0.2, 0) is 12.0 Å². The zero-order chi connectivity index (χ0) is 16.7. The van der Waals surface area contributed by atoms with Crippen LogP contribution in [0.1, 0.15) is 43.7 Å². The highest BCUT2D eigenvalue weighted by Crippen LogP contribution is 2.55. The third kappa shape index (κ3) is 2.35. The van der Waals surface area contributed by atoms with Gasteiger partial charge < -0.3 is 14.6 Å². The van der Waals surface area contributed by atoms with E-state index in [9.17, 15) is 5.11 Å². The normalized spacial score (nSPS) is 31.1. The molecule has 4 heteroatoms. The average molecular weight is 329 g/mol. The molecule has 4 rings (SSSR count). The third-order valence-electron chi connectivity index (χ3n) is 5.86. The minimum absolute atomic E-state index is 0.00803. The molecule has 1 aromatic rings. The van der Waals surface area contributed by atoms with Gasteiger partial charge in [0.2, 0.25) is 0 Å². The Hall–Kier alpha value is -1.52. The first kappa shape index (κ1) is 16.0. The van der Waals surface area contributed by atoms with Crippen molar-refractivity contribution in [1.82, 2.24) is 4.90 Å². The summed E-state index contributed by atoms with van der Waals surface area (Å²) in [6, 6.07) is 4.23. The molecule has 2 aliphatic heterocycles. The number of rotatable bonds is 4. The first-order valence-electron chi connectivity index (χ1n) is 9.14. The molecule has 24 heavy (non-hydrogen) atoms. The summed E-state index contributed by atoms with van der Waals surface area (Å²) in [5.41, 5.74) is 2.54. The van der Waals surface area contributed by atoms with Crippen molar-refractivity contribution < 1.29 is 14.6 Å². The van der Waals surface area contributed by atoms with E-state index in [1.54, 1.807) is 7.11 Å². The smallest absolute Gasteiger partial charge is 0.166 e. The van der Waals surface area contributed by atoms with Gasteiger partial charge in [-0.2, -0.15) is 0 Å². The number of ether oxygens (including phenoxy) is 2. The molecular weight excluding hydrogens is 302 g/mol. The van der Waals surface area contributed by atoms with Crippen molar-refractivity contribution in [3.63, 3.8) is 0 Å². The van der Waals surface area contributed by atoms with E-state index in [2.05, 4.69) is 24.0 Å². The van der Waals surface area contributed by atoms with Crippen molar-refractivity contribution in [2.75, 3.05) is 20.2 Å². The van der Waals surface area contributed by atoms with Crippen LogP contribution in [0.15, 0.2) is 24.3 Å². The molecule has 0 aromatic heterocycles. The molecule has 0 bridgehead atoms. The summed E-state index contributed by atoms with van der Waals surface area (Å²) in [6.07, 6.45) is 7.92. The molecule has 0 radical (unpaired) electrons. The molecule has 0 unspecified atom stereocenters. The van der Waals surface area contributed by atoms with E-state index in [4.69, 9.17) is 9.47 Å². The summed E-state index contributed by atoms with van der Waals surface area (Å²) < 4.78 is 11.9. The number of methoxy groups -OCH3 is 1. The van der Waals surface area contributed by atoms with Gasteiger partial charge in [0.05, 0.1) is 18.6 Å². The van der Waals surface area contributed by atoms with Crippen molar-refractivity contribution in [1.29, 1.82) is 0 Å². The highest BCUT2D eigenvalue weighted by Gasteiger charge is 2.52. The van der Waals surface area contributed by atoms with Crippen molar-refractivity contribution in [3.8, 4) is 11.5 Å². The molecule has 0 amide bonds. The minimum Gasteiger partial charge on any atom is -0.493 e. The van der Waals surface area contributed by atoms with Gasteiger partial charge in [0, 0.05) is 18.5 Å². The summed E-state index contributed by atoms with van der Waals surface area (Å²) in [7, 11) is 1.70. The number of hydrogen-bond donors (Lipinski definition) is 1. The Bertz CT molecular complexity index is 657. The summed E-state index contributed by atoms with van der Waals surface area (Å²) in [5, 5.41) is 10.1. The number of benzene rings is 1. The molecular formula is C20H27NO3. The van der Waals surface area contributed by atoms with Crippen molar-refractivity contribution in [3.05, 3.63) is 35.4 Å². The number of aliphatic hydroxyl groups excluding tert-OH is 1. The largest absolute Gasteiger partial charge is 0.493 e. The van der Waals surface area contributed by atoms with Crippen molar-refractivity contribution >= 4 is 0 Å². The lowest BCUT2D eigenvalue weighted by Crippen LogP contribution is -2.43. The summed E-state index contributed by atoms with van der Waals surface area (Å²) in [6.45, 7) is 5.43. The summed E-state index contributed by atoms with van der Waals surface area (Å²) in [4.78, 5) is 2.56. The van der Waals surface area contributed by atoms with E-state index in [1.807, 2.05) is 12.1 Å². The highest BCUT2D eigenvalue weighted by atomic mass is 16.5. The Labute approximate surface area is 144 Å². The Morgan fingerprint density at radius 2 is 2.29 bits per heavy atom. The molecule has 0 fully saturated rings. The number of unbranched alkanes of at least 4 members (excludes halogenated alkanes) is 1. The van der Waals surface area contributed by atoms with Crippen LogP contribution in [0.4, 0.5) is 0 Å². The summed E-state index contributed by atoms with van der Waals surface area (Å²) in [5.74, 6) is 1.71. The number of hydrogen-bond acceptors (Lipinski definition) is 4. The Morgan fingerprint density at radius 3 is 3.08 bits per heavy atom. The van der Waals surface area contributed by atoms with Crippen LogP contribution in [0.3, 0.4) is 0 Å². The molecule has 130 valence electrons. The second-order valence-electron chi connectivity index (χ2n) is 7.32. The fourth-order valence-electron chi connectivity index (χ4n) is 4.57. The van der Waals surface area contributed by atoms with Gasteiger partial charge in [-0.05, 0) is 37.6 Å². The predicted octanol–water partition coefficient (Wildman–Crippen LogP) is 3.02. The van der Waals surface area contributed by atoms with Gasteiger partial charge in [0.25, 0.3) is 0 Å². The Morgan fingerprint density at radius 1 is 1.42 bits per heavy atom. The summed E-state index contributed by atoms with van der Waals surface area (Å²) >= 11 is 0. The molecule has 1 aliphatic carbocycles. The zero-order valence-corrected chi connectivity index (χ0v) is 14.6. The van der Waals surface area contributed by atoms with Gasteiger partial charge in [-0.1, -0.05) is 31.6 Å². The van der Waals surface area contributed by atoms with E-state index in [0.717, 1.165) is 37.6 Å². The Balaban J connectivity index is 1.80. The maximum atomic E-state index is 10.1. The standard InChI is InChI=1S/C20H27NO3/c1-3-4-10-21-11-9-20-8-7-15(22)12-17(20)24-19-16(23-2)6-5-14(13-21)18(19)20/h5-8,15,17,22H,3-4,9-13H2,1-2H3/t15-,17-,20-/m0/s1. The van der Waals surface area contributed by atoms with E-state index in [-0.39, 0.29) is 11.5 Å². The number of aliphatic hydroxyl groups is 1. The lowest BCUT2D eigenvalue weighted by molar-refractivity contribution is 0.0809. The first-order chi connectivity index (χ1) is 11.7. The van der Waals surface area contributed by atoms with Crippen LogP contribution in [0.5, 0.6) is 11.5 Å². The number of nitrogens with zero attached hydrogens (tertiary/aromatic N) is 1. The second-order valence-corrected chi connectivity index (χ2v) is 7.32. The van der Waals surface area contributed by atoms with E-state index in [1.165, 1.54) is 24.0 Å². The first-order valence-corrected chi connectivity index (χ1v) is 9.14. The minimum atomic E-state index is -0.413. The van der Waals surface area contributed by atoms with Crippen molar-refractivity contribution in [2.45, 2.75) is 56.8 Å². The lowest BCUT2D eigenvalue weighted by atomic mass is 9.69. The average Bonchev–Trinajstić information content (AvgIpc) is 2.83. The van der Waals surface area contributed by atoms with Gasteiger partial charge >= 0.3 is 0 Å². The van der Waals surface area contributed by atoms with Crippen LogP contribution in [0.25, 0.3) is 0 Å². The SMILES string of the molecule is CCCCN1CC[C@@]23C=C[C@H](O)C[C@@H]2Oc2c(OC)ccc(c23)C1. The van der Waals surface area contributed by atoms with Crippen molar-refractivity contribution in [2.24, 2.45) is 0 Å². The van der Waals surface area contributed by atoms with Gasteiger partial charge in [-0.3, -0.25) is 4.90 Å². The van der Waals surface area contributed by atoms with Gasteiger partial charge in [0.1, 0.15) is 6.10 Å². The Kier molecular flexibility index (Phi) is 4.05. The van der Waals surface area contributed by atoms with Crippen LogP contribution in [-0.4, -0.2) is 42.4 Å². The quantitative estimate of drug-likeness (QED) is 0.862. The molecule has 1 spiro atoms. The molecule has 2 heterocycles. The molecule has 3 aliphatic rings.